The Morgan fingerprint density at radius 1 is 1.10 bits per heavy atom. The number of ether oxygens (including phenoxy) is 1. The van der Waals surface area contributed by atoms with Gasteiger partial charge in [0.25, 0.3) is 0 Å². The van der Waals surface area contributed by atoms with Gasteiger partial charge in [-0.15, -0.1) is 5.10 Å². The van der Waals surface area contributed by atoms with Crippen molar-refractivity contribution in [2.75, 3.05) is 13.2 Å². The summed E-state index contributed by atoms with van der Waals surface area (Å²) < 4.78 is 45.3. The van der Waals surface area contributed by atoms with E-state index in [0.717, 1.165) is 9.25 Å². The Morgan fingerprint density at radius 3 is 2.44 bits per heavy atom. The average Bonchev–Trinajstić information content (AvgIpc) is 3.17. The SMILES string of the molecule is CCOC(=O)NCC(NC(=O)Cn1nc(-c2ccc(Cl)cc2)n(CCC(F)(F)F)c1=O)c1cccc(Cl)c1Cl. The third kappa shape index (κ3) is 8.38. The number of nitrogens with zero attached hydrogens (tertiary/aromatic N) is 3. The topological polar surface area (TPSA) is 107 Å². The fourth-order valence-corrected chi connectivity index (χ4v) is 4.13. The first-order chi connectivity index (χ1) is 18.4. The van der Waals surface area contributed by atoms with Crippen molar-refractivity contribution >= 4 is 46.8 Å². The lowest BCUT2D eigenvalue weighted by Gasteiger charge is -2.21. The van der Waals surface area contributed by atoms with Gasteiger partial charge in [-0.3, -0.25) is 9.36 Å². The second kappa shape index (κ2) is 13.2. The lowest BCUT2D eigenvalue weighted by molar-refractivity contribution is -0.136. The van der Waals surface area contributed by atoms with Crippen molar-refractivity contribution in [1.82, 2.24) is 25.0 Å². The van der Waals surface area contributed by atoms with Crippen molar-refractivity contribution in [2.45, 2.75) is 38.7 Å². The van der Waals surface area contributed by atoms with E-state index in [9.17, 15) is 27.6 Å². The molecule has 0 aliphatic heterocycles. The van der Waals surface area contributed by atoms with E-state index >= 15 is 0 Å². The van der Waals surface area contributed by atoms with Gasteiger partial charge in [0.1, 0.15) is 6.54 Å². The first-order valence-corrected chi connectivity index (χ1v) is 12.7. The Morgan fingerprint density at radius 2 is 1.79 bits per heavy atom. The number of carbonyl (C=O) groups is 2. The average molecular weight is 609 g/mol. The fraction of sp³-hybridized carbons (Fsp3) is 0.333. The monoisotopic (exact) mass is 607 g/mol. The zero-order valence-corrected chi connectivity index (χ0v) is 22.7. The summed E-state index contributed by atoms with van der Waals surface area (Å²) in [5, 5.41) is 9.98. The van der Waals surface area contributed by atoms with Gasteiger partial charge in [-0.1, -0.05) is 46.9 Å². The third-order valence-corrected chi connectivity index (χ3v) is 6.44. The first-order valence-electron chi connectivity index (χ1n) is 11.5. The number of nitrogens with one attached hydrogen (secondary N) is 2. The van der Waals surface area contributed by atoms with E-state index in [1.807, 2.05) is 0 Å². The summed E-state index contributed by atoms with van der Waals surface area (Å²) >= 11 is 18.3. The van der Waals surface area contributed by atoms with Gasteiger partial charge in [-0.05, 0) is 42.8 Å². The third-order valence-electron chi connectivity index (χ3n) is 5.36. The molecule has 9 nitrogen and oxygen atoms in total. The van der Waals surface area contributed by atoms with Crippen LogP contribution in [0.1, 0.15) is 24.9 Å². The van der Waals surface area contributed by atoms with Crippen molar-refractivity contribution in [1.29, 1.82) is 0 Å². The Labute approximate surface area is 235 Å². The number of amides is 2. The number of aromatic nitrogens is 3. The highest BCUT2D eigenvalue weighted by atomic mass is 35.5. The minimum Gasteiger partial charge on any atom is -0.450 e. The minimum absolute atomic E-state index is 0.0628. The molecule has 0 aliphatic rings. The van der Waals surface area contributed by atoms with Crippen LogP contribution in [0.15, 0.2) is 47.3 Å². The van der Waals surface area contributed by atoms with Gasteiger partial charge in [0, 0.05) is 23.7 Å². The van der Waals surface area contributed by atoms with Gasteiger partial charge in [0.05, 0.1) is 29.1 Å². The van der Waals surface area contributed by atoms with Gasteiger partial charge in [-0.2, -0.15) is 13.2 Å². The summed E-state index contributed by atoms with van der Waals surface area (Å²) in [5.41, 5.74) is -0.208. The molecule has 1 heterocycles. The number of halogens is 6. The maximum atomic E-state index is 13.0. The number of rotatable bonds is 10. The van der Waals surface area contributed by atoms with Crippen LogP contribution in [0.4, 0.5) is 18.0 Å². The number of hydrogen-bond donors (Lipinski definition) is 2. The van der Waals surface area contributed by atoms with Crippen molar-refractivity contribution in [3.8, 4) is 11.4 Å². The standard InChI is InChI=1S/C24H23Cl3F3N5O4/c1-2-39-22(37)31-12-18(16-4-3-5-17(26)20(16)27)32-19(36)13-35-23(38)34(11-10-24(28,29)30)21(33-35)14-6-8-15(25)9-7-14/h3-9,18H,2,10-13H2,1H3,(H,31,37)(H,32,36). The zero-order chi connectivity index (χ0) is 28.7. The molecule has 0 aliphatic carbocycles. The van der Waals surface area contributed by atoms with Crippen molar-refractivity contribution < 1.29 is 27.5 Å². The maximum absolute atomic E-state index is 13.0. The predicted molar refractivity (Wildman–Crippen MR) is 140 cm³/mol. The molecule has 210 valence electrons. The molecule has 0 radical (unpaired) electrons. The number of carbonyl (C=O) groups excluding carboxylic acids is 2. The van der Waals surface area contributed by atoms with E-state index in [1.165, 1.54) is 30.3 Å². The number of alkyl carbamates (subject to hydrolysis) is 1. The van der Waals surface area contributed by atoms with E-state index < -0.39 is 49.4 Å². The Hall–Kier alpha value is -3.22. The lowest BCUT2D eigenvalue weighted by atomic mass is 10.1. The van der Waals surface area contributed by atoms with E-state index in [2.05, 4.69) is 15.7 Å². The minimum atomic E-state index is -4.52. The molecule has 39 heavy (non-hydrogen) atoms. The van der Waals surface area contributed by atoms with E-state index in [4.69, 9.17) is 39.5 Å². The van der Waals surface area contributed by atoms with Gasteiger partial charge in [0.2, 0.25) is 5.91 Å². The van der Waals surface area contributed by atoms with Crippen LogP contribution in [0.3, 0.4) is 0 Å². The summed E-state index contributed by atoms with van der Waals surface area (Å²) in [5.74, 6) is -0.793. The number of benzene rings is 2. The summed E-state index contributed by atoms with van der Waals surface area (Å²) in [6.07, 6.45) is -6.53. The van der Waals surface area contributed by atoms with Crippen LogP contribution in [0, 0.1) is 0 Å². The van der Waals surface area contributed by atoms with Crippen LogP contribution in [-0.2, 0) is 22.6 Å². The highest BCUT2D eigenvalue weighted by Gasteiger charge is 2.29. The normalized spacial score (nSPS) is 12.2. The Balaban J connectivity index is 1.89. The second-order valence-electron chi connectivity index (χ2n) is 8.15. The molecular formula is C24H23Cl3F3N5O4. The molecule has 2 N–H and O–H groups in total. The van der Waals surface area contributed by atoms with Crippen LogP contribution in [0.2, 0.25) is 15.1 Å². The molecule has 2 aromatic carbocycles. The quantitative estimate of drug-likeness (QED) is 0.328. The van der Waals surface area contributed by atoms with Gasteiger partial charge in [-0.25, -0.2) is 14.3 Å². The van der Waals surface area contributed by atoms with Crippen LogP contribution >= 0.6 is 34.8 Å². The summed E-state index contributed by atoms with van der Waals surface area (Å²) in [7, 11) is 0. The predicted octanol–water partition coefficient (Wildman–Crippen LogP) is 5.23. The molecule has 0 saturated carbocycles. The molecule has 2 amide bonds. The molecular weight excluding hydrogens is 586 g/mol. The molecule has 15 heteroatoms. The molecule has 0 spiro atoms. The molecule has 3 aromatic rings. The van der Waals surface area contributed by atoms with Gasteiger partial charge < -0.3 is 15.4 Å². The lowest BCUT2D eigenvalue weighted by Crippen LogP contribution is -2.41. The fourth-order valence-electron chi connectivity index (χ4n) is 3.57. The summed E-state index contributed by atoms with van der Waals surface area (Å²) in [4.78, 5) is 37.8. The summed E-state index contributed by atoms with van der Waals surface area (Å²) in [6, 6.07) is 9.81. The molecule has 1 unspecified atom stereocenters. The Bertz CT molecular complexity index is 1380. The zero-order valence-electron chi connectivity index (χ0n) is 20.4. The van der Waals surface area contributed by atoms with E-state index in [1.54, 1.807) is 19.1 Å². The van der Waals surface area contributed by atoms with Gasteiger partial charge in [0.15, 0.2) is 5.82 Å². The van der Waals surface area contributed by atoms with Crippen LogP contribution in [0.25, 0.3) is 11.4 Å². The Kier molecular flexibility index (Phi) is 10.3. The second-order valence-corrected chi connectivity index (χ2v) is 9.37. The van der Waals surface area contributed by atoms with E-state index in [-0.39, 0.29) is 29.0 Å². The first kappa shape index (κ1) is 30.3. The molecule has 0 fully saturated rings. The van der Waals surface area contributed by atoms with E-state index in [0.29, 0.717) is 16.1 Å². The maximum Gasteiger partial charge on any atom is 0.407 e. The van der Waals surface area contributed by atoms with Crippen molar-refractivity contribution in [3.05, 3.63) is 73.6 Å². The highest BCUT2D eigenvalue weighted by Crippen LogP contribution is 2.30. The molecule has 3 rings (SSSR count). The highest BCUT2D eigenvalue weighted by molar-refractivity contribution is 6.42. The van der Waals surface area contributed by atoms with Crippen LogP contribution in [-0.4, -0.2) is 45.7 Å². The van der Waals surface area contributed by atoms with Crippen molar-refractivity contribution in [2.24, 2.45) is 0 Å². The van der Waals surface area contributed by atoms with Crippen LogP contribution in [0.5, 0.6) is 0 Å². The molecule has 1 aromatic heterocycles. The molecule has 0 bridgehead atoms. The number of alkyl halides is 3. The van der Waals surface area contributed by atoms with Gasteiger partial charge >= 0.3 is 18.0 Å². The molecule has 1 atom stereocenters. The summed E-state index contributed by atoms with van der Waals surface area (Å²) in [6.45, 7) is 0.265. The van der Waals surface area contributed by atoms with Crippen molar-refractivity contribution in [3.63, 3.8) is 0 Å². The smallest absolute Gasteiger partial charge is 0.407 e. The van der Waals surface area contributed by atoms with Crippen LogP contribution < -0.4 is 16.3 Å². The molecule has 0 saturated heterocycles. The largest absolute Gasteiger partial charge is 0.450 e. The number of hydrogen-bond acceptors (Lipinski definition) is 5.